The molecule has 0 unspecified atom stereocenters. The topological polar surface area (TPSA) is 71.1 Å². The molecule has 0 amide bonds. The summed E-state index contributed by atoms with van der Waals surface area (Å²) in [5.41, 5.74) is 1.01. The molecular formula is C20H26O6. The second-order valence-electron chi connectivity index (χ2n) is 7.38. The molecule has 0 radical (unpaired) electrons. The highest BCUT2D eigenvalue weighted by Crippen LogP contribution is 2.44. The Morgan fingerprint density at radius 1 is 1.27 bits per heavy atom. The van der Waals surface area contributed by atoms with E-state index in [1.54, 1.807) is 6.92 Å². The normalized spacial score (nSPS) is 30.7. The monoisotopic (exact) mass is 362 g/mol. The lowest BCUT2D eigenvalue weighted by Crippen LogP contribution is -2.39. The fourth-order valence-corrected chi connectivity index (χ4v) is 3.69. The van der Waals surface area contributed by atoms with E-state index >= 15 is 0 Å². The van der Waals surface area contributed by atoms with Crippen molar-refractivity contribution in [3.8, 4) is 0 Å². The first-order valence-corrected chi connectivity index (χ1v) is 8.99. The van der Waals surface area contributed by atoms with Crippen molar-refractivity contribution >= 4 is 12.1 Å². The van der Waals surface area contributed by atoms with E-state index in [-0.39, 0.29) is 24.2 Å². The maximum atomic E-state index is 11.8. The number of Topliss-reactive ketones (excluding diaryl/α,β-unsaturated/α-hetero) is 1. The molecule has 0 spiro atoms. The molecule has 5 atom stereocenters. The van der Waals surface area contributed by atoms with E-state index < -0.39 is 24.3 Å². The summed E-state index contributed by atoms with van der Waals surface area (Å²) in [4.78, 5) is 23.0. The van der Waals surface area contributed by atoms with E-state index in [0.29, 0.717) is 13.0 Å². The molecular weight excluding hydrogens is 336 g/mol. The van der Waals surface area contributed by atoms with Gasteiger partial charge in [0.1, 0.15) is 18.2 Å². The van der Waals surface area contributed by atoms with Crippen LogP contribution in [-0.4, -0.2) is 42.5 Å². The minimum atomic E-state index is -0.750. The number of aldehydes is 1. The number of fused-ring (bicyclic) bond motifs is 1. The van der Waals surface area contributed by atoms with Gasteiger partial charge in [-0.05, 0) is 26.3 Å². The quantitative estimate of drug-likeness (QED) is 0.662. The Bertz CT molecular complexity index is 628. The van der Waals surface area contributed by atoms with Gasteiger partial charge in [0.05, 0.1) is 18.8 Å². The molecule has 2 heterocycles. The zero-order chi connectivity index (χ0) is 18.7. The third-order valence-corrected chi connectivity index (χ3v) is 4.75. The third kappa shape index (κ3) is 4.38. The van der Waals surface area contributed by atoms with Crippen LogP contribution in [0.2, 0.25) is 0 Å². The van der Waals surface area contributed by atoms with E-state index in [4.69, 9.17) is 18.9 Å². The molecule has 0 aromatic heterocycles. The van der Waals surface area contributed by atoms with Crippen LogP contribution in [0.1, 0.15) is 39.2 Å². The van der Waals surface area contributed by atoms with Crippen molar-refractivity contribution in [2.24, 2.45) is 5.92 Å². The number of ether oxygens (including phenoxy) is 4. The summed E-state index contributed by atoms with van der Waals surface area (Å²) in [5, 5.41) is 0. The van der Waals surface area contributed by atoms with E-state index in [1.165, 1.54) is 0 Å². The lowest BCUT2D eigenvalue weighted by Gasteiger charge is -2.30. The van der Waals surface area contributed by atoms with Crippen molar-refractivity contribution in [2.45, 2.75) is 70.6 Å². The molecule has 2 fully saturated rings. The van der Waals surface area contributed by atoms with Crippen molar-refractivity contribution in [1.29, 1.82) is 0 Å². The molecule has 142 valence electrons. The molecule has 3 rings (SSSR count). The maximum Gasteiger partial charge on any atom is 0.187 e. The van der Waals surface area contributed by atoms with Crippen LogP contribution < -0.4 is 0 Å². The number of rotatable bonds is 8. The van der Waals surface area contributed by atoms with Gasteiger partial charge in [-0.2, -0.15) is 0 Å². The SMILES string of the molecule is CC(=O)C[C@H]1[C@H]2OC(C)(C)O[C@H]2O[C@@H]1[C@H](CC=O)OCc1ccccc1. The lowest BCUT2D eigenvalue weighted by atomic mass is 9.89. The number of hydrogen-bond acceptors (Lipinski definition) is 6. The van der Waals surface area contributed by atoms with Crippen LogP contribution in [0.3, 0.4) is 0 Å². The molecule has 26 heavy (non-hydrogen) atoms. The van der Waals surface area contributed by atoms with Gasteiger partial charge in [0, 0.05) is 18.8 Å². The van der Waals surface area contributed by atoms with Crippen LogP contribution in [0.25, 0.3) is 0 Å². The van der Waals surface area contributed by atoms with Gasteiger partial charge in [-0.1, -0.05) is 30.3 Å². The number of hydrogen-bond donors (Lipinski definition) is 0. The number of ketones is 1. The minimum Gasteiger partial charge on any atom is -0.370 e. The van der Waals surface area contributed by atoms with Gasteiger partial charge in [0.2, 0.25) is 0 Å². The van der Waals surface area contributed by atoms with Crippen molar-refractivity contribution in [2.75, 3.05) is 0 Å². The van der Waals surface area contributed by atoms with Gasteiger partial charge in [-0.25, -0.2) is 0 Å². The second kappa shape index (κ2) is 7.96. The maximum absolute atomic E-state index is 11.8. The summed E-state index contributed by atoms with van der Waals surface area (Å²) < 4.78 is 23.8. The summed E-state index contributed by atoms with van der Waals surface area (Å²) in [5.74, 6) is -0.911. The zero-order valence-corrected chi connectivity index (χ0v) is 15.4. The zero-order valence-electron chi connectivity index (χ0n) is 15.4. The van der Waals surface area contributed by atoms with Crippen molar-refractivity contribution in [1.82, 2.24) is 0 Å². The average molecular weight is 362 g/mol. The van der Waals surface area contributed by atoms with E-state index in [0.717, 1.165) is 11.8 Å². The Kier molecular flexibility index (Phi) is 5.87. The Balaban J connectivity index is 1.74. The predicted octanol–water partition coefficient (Wildman–Crippen LogP) is 2.63. The second-order valence-corrected chi connectivity index (χ2v) is 7.38. The molecule has 2 aliphatic rings. The molecule has 2 saturated heterocycles. The van der Waals surface area contributed by atoms with E-state index in [9.17, 15) is 9.59 Å². The minimum absolute atomic E-state index is 0.0467. The van der Waals surface area contributed by atoms with Gasteiger partial charge < -0.3 is 28.5 Å². The Morgan fingerprint density at radius 2 is 2.00 bits per heavy atom. The molecule has 1 aromatic rings. The average Bonchev–Trinajstić information content (AvgIpc) is 3.05. The van der Waals surface area contributed by atoms with Gasteiger partial charge in [-0.15, -0.1) is 0 Å². The number of carbonyl (C=O) groups excluding carboxylic acids is 2. The van der Waals surface area contributed by atoms with Crippen LogP contribution in [0.15, 0.2) is 30.3 Å². The van der Waals surface area contributed by atoms with Crippen molar-refractivity contribution in [3.63, 3.8) is 0 Å². The molecule has 6 nitrogen and oxygen atoms in total. The third-order valence-electron chi connectivity index (χ3n) is 4.75. The standard InChI is InChI=1S/C20H26O6/c1-13(22)11-15-17(24-19-18(15)25-20(2,3)26-19)16(9-10-21)23-12-14-7-5-4-6-8-14/h4-8,10,15-19H,9,11-12H2,1-3H3/t15-,16+,17+,18-,19-/m1/s1. The number of benzene rings is 1. The van der Waals surface area contributed by atoms with Gasteiger partial charge in [0.25, 0.3) is 0 Å². The van der Waals surface area contributed by atoms with Gasteiger partial charge in [-0.3, -0.25) is 0 Å². The molecule has 1 aromatic carbocycles. The Morgan fingerprint density at radius 3 is 2.65 bits per heavy atom. The Labute approximate surface area is 153 Å². The first-order chi connectivity index (χ1) is 12.4. The molecule has 0 aliphatic carbocycles. The largest absolute Gasteiger partial charge is 0.370 e. The van der Waals surface area contributed by atoms with Crippen molar-refractivity contribution in [3.05, 3.63) is 35.9 Å². The van der Waals surface area contributed by atoms with Crippen molar-refractivity contribution < 1.29 is 28.5 Å². The predicted molar refractivity (Wildman–Crippen MR) is 93.2 cm³/mol. The van der Waals surface area contributed by atoms with Crippen LogP contribution in [0, 0.1) is 5.92 Å². The molecule has 6 heteroatoms. The fourth-order valence-electron chi connectivity index (χ4n) is 3.69. The summed E-state index contributed by atoms with van der Waals surface area (Å²) in [6.45, 7) is 5.56. The summed E-state index contributed by atoms with van der Waals surface area (Å²) in [6.07, 6.45) is -0.465. The highest BCUT2D eigenvalue weighted by Gasteiger charge is 2.56. The molecule has 0 bridgehead atoms. The van der Waals surface area contributed by atoms with Gasteiger partial charge in [0.15, 0.2) is 12.1 Å². The van der Waals surface area contributed by atoms with E-state index in [2.05, 4.69) is 0 Å². The first-order valence-electron chi connectivity index (χ1n) is 8.99. The molecule has 2 aliphatic heterocycles. The highest BCUT2D eigenvalue weighted by atomic mass is 16.8. The van der Waals surface area contributed by atoms with E-state index in [1.807, 2.05) is 44.2 Å². The molecule has 0 saturated carbocycles. The Hall–Kier alpha value is -1.60. The highest BCUT2D eigenvalue weighted by molar-refractivity contribution is 5.76. The summed E-state index contributed by atoms with van der Waals surface area (Å²) in [6, 6.07) is 9.74. The smallest absolute Gasteiger partial charge is 0.187 e. The van der Waals surface area contributed by atoms with Crippen LogP contribution in [0.4, 0.5) is 0 Å². The fraction of sp³-hybridized carbons (Fsp3) is 0.600. The van der Waals surface area contributed by atoms with Crippen LogP contribution in [-0.2, 0) is 35.1 Å². The summed E-state index contributed by atoms with van der Waals surface area (Å²) in [7, 11) is 0. The lowest BCUT2D eigenvalue weighted by molar-refractivity contribution is -0.224. The first kappa shape index (κ1) is 19.2. The van der Waals surface area contributed by atoms with Gasteiger partial charge >= 0.3 is 0 Å². The summed E-state index contributed by atoms with van der Waals surface area (Å²) >= 11 is 0. The van der Waals surface area contributed by atoms with Crippen LogP contribution in [0.5, 0.6) is 0 Å². The number of carbonyl (C=O) groups is 2. The molecule has 0 N–H and O–H groups in total. The van der Waals surface area contributed by atoms with Crippen LogP contribution >= 0.6 is 0 Å².